The Hall–Kier alpha value is -3.22. The van der Waals surface area contributed by atoms with Gasteiger partial charge in [0.1, 0.15) is 0 Å². The maximum absolute atomic E-state index is 12.1. The average Bonchev–Trinajstić information content (AvgIpc) is 2.72. The van der Waals surface area contributed by atoms with Crippen LogP contribution in [0.25, 0.3) is 16.8 Å². The predicted molar refractivity (Wildman–Crippen MR) is 120 cm³/mol. The van der Waals surface area contributed by atoms with Crippen LogP contribution in [0.1, 0.15) is 11.1 Å². The zero-order valence-electron chi connectivity index (χ0n) is 15.3. The Morgan fingerprint density at radius 3 is 2.45 bits per heavy atom. The molecule has 0 aliphatic heterocycles. The van der Waals surface area contributed by atoms with Gasteiger partial charge in [-0.25, -0.2) is 0 Å². The van der Waals surface area contributed by atoms with Gasteiger partial charge in [-0.2, -0.15) is 0 Å². The van der Waals surface area contributed by atoms with E-state index in [1.54, 1.807) is 30.3 Å². The van der Waals surface area contributed by atoms with E-state index in [0.717, 1.165) is 21.9 Å². The summed E-state index contributed by atoms with van der Waals surface area (Å²) >= 11 is 10.8. The van der Waals surface area contributed by atoms with Crippen LogP contribution in [0.5, 0.6) is 0 Å². The second-order valence-corrected chi connectivity index (χ2v) is 7.04. The number of amides is 2. The second kappa shape index (κ2) is 9.82. The number of halogens is 1. The second-order valence-electron chi connectivity index (χ2n) is 6.20. The van der Waals surface area contributed by atoms with Crippen molar-refractivity contribution in [2.24, 2.45) is 0 Å². The molecular weight excluding hydrogens is 406 g/mol. The standard InChI is InChI=1S/C22H18ClN3O2S/c23-18-11-8-15(9-12-18)14-21(28)25-26-22(29)24-20(27)13-10-17-6-3-5-16-4-1-2-7-19(16)17/h1-13H,14H2,(H,25,28)(H2,24,26,27,29)/b13-10+. The van der Waals surface area contributed by atoms with Crippen LogP contribution >= 0.6 is 23.8 Å². The third kappa shape index (κ3) is 6.14. The highest BCUT2D eigenvalue weighted by Gasteiger charge is 2.06. The van der Waals surface area contributed by atoms with Gasteiger partial charge >= 0.3 is 0 Å². The van der Waals surface area contributed by atoms with E-state index in [2.05, 4.69) is 16.2 Å². The molecule has 7 heteroatoms. The molecule has 0 unspecified atom stereocenters. The molecule has 0 bridgehead atoms. The summed E-state index contributed by atoms with van der Waals surface area (Å²) in [7, 11) is 0. The van der Waals surface area contributed by atoms with E-state index in [1.807, 2.05) is 42.5 Å². The van der Waals surface area contributed by atoms with Crippen LogP contribution in [0.3, 0.4) is 0 Å². The van der Waals surface area contributed by atoms with E-state index in [1.165, 1.54) is 6.08 Å². The lowest BCUT2D eigenvalue weighted by atomic mass is 10.0. The van der Waals surface area contributed by atoms with Gasteiger partial charge in [0.15, 0.2) is 5.11 Å². The van der Waals surface area contributed by atoms with Crippen molar-refractivity contribution in [3.05, 3.63) is 89.0 Å². The van der Waals surface area contributed by atoms with Crippen LogP contribution in [0.2, 0.25) is 5.02 Å². The van der Waals surface area contributed by atoms with Gasteiger partial charge in [-0.05, 0) is 52.3 Å². The van der Waals surface area contributed by atoms with E-state index in [0.29, 0.717) is 5.02 Å². The molecule has 3 aromatic carbocycles. The first-order chi connectivity index (χ1) is 14.0. The fourth-order valence-electron chi connectivity index (χ4n) is 2.70. The van der Waals surface area contributed by atoms with Gasteiger partial charge in [-0.3, -0.25) is 25.8 Å². The number of thiocarbonyl (C=S) groups is 1. The fourth-order valence-corrected chi connectivity index (χ4v) is 2.98. The third-order valence-electron chi connectivity index (χ3n) is 4.07. The molecule has 0 spiro atoms. The summed E-state index contributed by atoms with van der Waals surface area (Å²) < 4.78 is 0. The Kier molecular flexibility index (Phi) is 6.94. The highest BCUT2D eigenvalue weighted by atomic mass is 35.5. The molecule has 0 aromatic heterocycles. The Morgan fingerprint density at radius 1 is 0.931 bits per heavy atom. The summed E-state index contributed by atoms with van der Waals surface area (Å²) in [4.78, 5) is 24.0. The van der Waals surface area contributed by atoms with Crippen LogP contribution in [-0.4, -0.2) is 16.9 Å². The highest BCUT2D eigenvalue weighted by molar-refractivity contribution is 7.80. The normalized spacial score (nSPS) is 10.7. The predicted octanol–water partition coefficient (Wildman–Crippen LogP) is 3.77. The van der Waals surface area contributed by atoms with Crippen molar-refractivity contribution >= 4 is 57.6 Å². The summed E-state index contributed by atoms with van der Waals surface area (Å²) in [5.74, 6) is -0.697. The van der Waals surface area contributed by atoms with Gasteiger partial charge in [0.25, 0.3) is 0 Å². The maximum Gasteiger partial charge on any atom is 0.250 e. The van der Waals surface area contributed by atoms with E-state index in [-0.39, 0.29) is 17.4 Å². The number of hydrogen-bond acceptors (Lipinski definition) is 3. The molecule has 29 heavy (non-hydrogen) atoms. The molecule has 0 atom stereocenters. The molecule has 2 amide bonds. The molecule has 0 saturated carbocycles. The summed E-state index contributed by atoms with van der Waals surface area (Å²) in [5, 5.41) is 5.24. The molecule has 146 valence electrons. The number of fused-ring (bicyclic) bond motifs is 1. The highest BCUT2D eigenvalue weighted by Crippen LogP contribution is 2.19. The van der Waals surface area contributed by atoms with Crippen LogP contribution < -0.4 is 16.2 Å². The zero-order chi connectivity index (χ0) is 20.6. The quantitative estimate of drug-likeness (QED) is 0.339. The lowest BCUT2D eigenvalue weighted by Crippen LogP contribution is -2.48. The molecule has 5 nitrogen and oxygen atoms in total. The number of rotatable bonds is 4. The monoisotopic (exact) mass is 423 g/mol. The molecule has 3 aromatic rings. The number of hydrazine groups is 1. The molecule has 3 N–H and O–H groups in total. The number of benzene rings is 3. The first kappa shape index (κ1) is 20.5. The van der Waals surface area contributed by atoms with Gasteiger partial charge in [-0.15, -0.1) is 0 Å². The average molecular weight is 424 g/mol. The Labute approximate surface area is 178 Å². The maximum atomic E-state index is 12.1. The van der Waals surface area contributed by atoms with E-state index >= 15 is 0 Å². The smallest absolute Gasteiger partial charge is 0.250 e. The van der Waals surface area contributed by atoms with Gasteiger partial charge in [0.05, 0.1) is 6.42 Å². The number of hydrogen-bond donors (Lipinski definition) is 3. The van der Waals surface area contributed by atoms with Crippen molar-refractivity contribution in [1.29, 1.82) is 0 Å². The number of carbonyl (C=O) groups is 2. The molecule has 3 rings (SSSR count). The molecule has 0 aliphatic rings. The lowest BCUT2D eigenvalue weighted by Gasteiger charge is -2.10. The van der Waals surface area contributed by atoms with Crippen LogP contribution in [-0.2, 0) is 16.0 Å². The largest absolute Gasteiger partial charge is 0.298 e. The Morgan fingerprint density at radius 2 is 1.66 bits per heavy atom. The molecule has 0 fully saturated rings. The number of nitrogens with one attached hydrogen (secondary N) is 3. The van der Waals surface area contributed by atoms with Crippen molar-refractivity contribution in [3.63, 3.8) is 0 Å². The minimum absolute atomic E-state index is 0.00188. The first-order valence-corrected chi connectivity index (χ1v) is 9.60. The minimum atomic E-state index is -0.401. The molecule has 0 aliphatic carbocycles. The van der Waals surface area contributed by atoms with Crippen molar-refractivity contribution in [2.45, 2.75) is 6.42 Å². The third-order valence-corrected chi connectivity index (χ3v) is 4.52. The Bertz CT molecular complexity index is 1080. The molecule has 0 radical (unpaired) electrons. The van der Waals surface area contributed by atoms with Crippen molar-refractivity contribution < 1.29 is 9.59 Å². The van der Waals surface area contributed by atoms with Gasteiger partial charge in [0.2, 0.25) is 11.8 Å². The van der Waals surface area contributed by atoms with E-state index in [4.69, 9.17) is 23.8 Å². The van der Waals surface area contributed by atoms with Gasteiger partial charge in [-0.1, -0.05) is 66.2 Å². The van der Waals surface area contributed by atoms with Crippen molar-refractivity contribution in [3.8, 4) is 0 Å². The lowest BCUT2D eigenvalue weighted by molar-refractivity contribution is -0.121. The van der Waals surface area contributed by atoms with E-state index in [9.17, 15) is 9.59 Å². The fraction of sp³-hybridized carbons (Fsp3) is 0.0455. The van der Waals surface area contributed by atoms with Crippen molar-refractivity contribution in [1.82, 2.24) is 16.2 Å². The summed E-state index contributed by atoms with van der Waals surface area (Å²) in [6.45, 7) is 0. The number of carbonyl (C=O) groups excluding carboxylic acids is 2. The van der Waals surface area contributed by atoms with Crippen LogP contribution in [0.15, 0.2) is 72.8 Å². The summed E-state index contributed by atoms with van der Waals surface area (Å²) in [6.07, 6.45) is 3.27. The van der Waals surface area contributed by atoms with Crippen molar-refractivity contribution in [2.75, 3.05) is 0 Å². The SMILES string of the molecule is O=C(/C=C/c1cccc2ccccc12)NC(=S)NNC(=O)Cc1ccc(Cl)cc1. The van der Waals surface area contributed by atoms with Gasteiger partial charge < -0.3 is 0 Å². The zero-order valence-corrected chi connectivity index (χ0v) is 16.9. The van der Waals surface area contributed by atoms with Crippen LogP contribution in [0.4, 0.5) is 0 Å². The summed E-state index contributed by atoms with van der Waals surface area (Å²) in [5.41, 5.74) is 6.69. The first-order valence-electron chi connectivity index (χ1n) is 8.81. The molecule has 0 heterocycles. The van der Waals surface area contributed by atoms with Crippen LogP contribution in [0, 0.1) is 0 Å². The van der Waals surface area contributed by atoms with E-state index < -0.39 is 5.91 Å². The molecule has 0 saturated heterocycles. The topological polar surface area (TPSA) is 70.2 Å². The minimum Gasteiger partial charge on any atom is -0.298 e. The Balaban J connectivity index is 1.48. The van der Waals surface area contributed by atoms with Gasteiger partial charge in [0, 0.05) is 11.1 Å². The molecular formula is C22H18ClN3O2S. The summed E-state index contributed by atoms with van der Waals surface area (Å²) in [6, 6.07) is 20.8.